The summed E-state index contributed by atoms with van der Waals surface area (Å²) in [7, 11) is 4.30. The summed E-state index contributed by atoms with van der Waals surface area (Å²) in [4.78, 5) is 4.53. The molecule has 1 aromatic carbocycles. The summed E-state index contributed by atoms with van der Waals surface area (Å²) in [6.07, 6.45) is 1.88. The van der Waals surface area contributed by atoms with Crippen LogP contribution < -0.4 is 4.57 Å². The number of hydrogen-bond donors (Lipinski definition) is 0. The van der Waals surface area contributed by atoms with Crippen LogP contribution in [0.2, 0.25) is 0 Å². The van der Waals surface area contributed by atoms with Gasteiger partial charge in [-0.05, 0) is 24.3 Å². The van der Waals surface area contributed by atoms with Gasteiger partial charge in [0.2, 0.25) is 5.82 Å². The summed E-state index contributed by atoms with van der Waals surface area (Å²) >= 11 is 0. The Morgan fingerprint density at radius 1 is 1.05 bits per heavy atom. The SMILES string of the molecule is Cn1c2[n+](c3c1c1ccccc1n3C)Cc1ncccc1-2. The van der Waals surface area contributed by atoms with E-state index in [1.807, 2.05) is 12.3 Å². The molecule has 102 valence electrons. The van der Waals surface area contributed by atoms with Crippen molar-refractivity contribution in [3.63, 3.8) is 0 Å². The fourth-order valence-electron chi connectivity index (χ4n) is 3.78. The Morgan fingerprint density at radius 3 is 2.81 bits per heavy atom. The molecule has 1 aliphatic heterocycles. The Morgan fingerprint density at radius 2 is 1.90 bits per heavy atom. The van der Waals surface area contributed by atoms with Gasteiger partial charge in [0.05, 0.1) is 30.7 Å². The molecule has 0 atom stereocenters. The van der Waals surface area contributed by atoms with Gasteiger partial charge in [-0.25, -0.2) is 4.57 Å². The van der Waals surface area contributed by atoms with Gasteiger partial charge < -0.3 is 0 Å². The van der Waals surface area contributed by atoms with Crippen LogP contribution in [0.1, 0.15) is 5.69 Å². The zero-order valence-corrected chi connectivity index (χ0v) is 12.0. The second-order valence-corrected chi connectivity index (χ2v) is 5.71. The molecular formula is C17H15N4+. The number of fused-ring (bicyclic) bond motifs is 7. The molecule has 4 heterocycles. The quantitative estimate of drug-likeness (QED) is 0.399. The second-order valence-electron chi connectivity index (χ2n) is 5.71. The average Bonchev–Trinajstić information content (AvgIpc) is 3.11. The van der Waals surface area contributed by atoms with Gasteiger partial charge in [0.25, 0.3) is 5.65 Å². The van der Waals surface area contributed by atoms with Gasteiger partial charge >= 0.3 is 0 Å². The van der Waals surface area contributed by atoms with Gasteiger partial charge in [-0.15, -0.1) is 0 Å². The molecule has 0 N–H and O–H groups in total. The van der Waals surface area contributed by atoms with Crippen LogP contribution in [0.25, 0.3) is 33.5 Å². The van der Waals surface area contributed by atoms with E-state index >= 15 is 0 Å². The van der Waals surface area contributed by atoms with Crippen molar-refractivity contribution in [1.29, 1.82) is 0 Å². The number of para-hydroxylation sites is 1. The lowest BCUT2D eigenvalue weighted by molar-refractivity contribution is -0.649. The largest absolute Gasteiger partial charge is 0.269 e. The Bertz CT molecular complexity index is 1040. The summed E-state index contributed by atoms with van der Waals surface area (Å²) in [5.74, 6) is 1.25. The minimum absolute atomic E-state index is 0.854. The first kappa shape index (κ1) is 11.1. The predicted molar refractivity (Wildman–Crippen MR) is 81.9 cm³/mol. The molecule has 0 aliphatic carbocycles. The van der Waals surface area contributed by atoms with Gasteiger partial charge in [0.1, 0.15) is 12.1 Å². The zero-order chi connectivity index (χ0) is 14.1. The number of hydrogen-bond acceptors (Lipinski definition) is 1. The third-order valence-corrected chi connectivity index (χ3v) is 4.65. The van der Waals surface area contributed by atoms with Gasteiger partial charge in [-0.3, -0.25) is 14.1 Å². The monoisotopic (exact) mass is 275 g/mol. The highest BCUT2D eigenvalue weighted by Crippen LogP contribution is 2.34. The summed E-state index contributed by atoms with van der Waals surface area (Å²) in [6.45, 7) is 0.854. The van der Waals surface area contributed by atoms with Gasteiger partial charge in [0, 0.05) is 6.20 Å². The smallest absolute Gasteiger partial charge is 0.259 e. The molecule has 0 saturated carbocycles. The first-order valence-corrected chi connectivity index (χ1v) is 7.17. The Kier molecular flexibility index (Phi) is 1.86. The van der Waals surface area contributed by atoms with Crippen LogP contribution in [0.15, 0.2) is 42.6 Å². The normalized spacial score (nSPS) is 13.0. The average molecular weight is 275 g/mol. The molecular weight excluding hydrogens is 260 g/mol. The molecule has 0 spiro atoms. The Balaban J connectivity index is 2.02. The van der Waals surface area contributed by atoms with E-state index in [1.54, 1.807) is 0 Å². The van der Waals surface area contributed by atoms with Crippen LogP contribution in [-0.2, 0) is 20.6 Å². The van der Waals surface area contributed by atoms with Crippen molar-refractivity contribution in [2.75, 3.05) is 0 Å². The van der Waals surface area contributed by atoms with Crippen molar-refractivity contribution in [2.24, 2.45) is 14.1 Å². The maximum atomic E-state index is 4.53. The molecule has 5 rings (SSSR count). The molecule has 4 nitrogen and oxygen atoms in total. The molecule has 1 aliphatic rings. The molecule has 21 heavy (non-hydrogen) atoms. The molecule has 3 aromatic heterocycles. The van der Waals surface area contributed by atoms with E-state index in [0.717, 1.165) is 12.2 Å². The first-order valence-electron chi connectivity index (χ1n) is 7.17. The highest BCUT2D eigenvalue weighted by Gasteiger charge is 2.34. The molecule has 0 fully saturated rings. The molecule has 0 unspecified atom stereocenters. The van der Waals surface area contributed by atoms with Crippen LogP contribution in [0, 0.1) is 0 Å². The number of imidazole rings is 1. The number of rotatable bonds is 0. The number of nitrogens with zero attached hydrogens (tertiary/aromatic N) is 4. The van der Waals surface area contributed by atoms with Crippen molar-refractivity contribution < 1.29 is 4.57 Å². The third-order valence-electron chi connectivity index (χ3n) is 4.65. The number of benzene rings is 1. The van der Waals surface area contributed by atoms with Crippen LogP contribution in [-0.4, -0.2) is 14.1 Å². The van der Waals surface area contributed by atoms with Crippen LogP contribution in [0.4, 0.5) is 0 Å². The van der Waals surface area contributed by atoms with E-state index in [0.29, 0.717) is 0 Å². The molecule has 4 heteroatoms. The number of aromatic nitrogens is 4. The number of pyridine rings is 1. The minimum atomic E-state index is 0.854. The molecule has 0 amide bonds. The maximum Gasteiger partial charge on any atom is 0.269 e. The summed E-state index contributed by atoms with van der Waals surface area (Å²) in [6, 6.07) is 12.8. The van der Waals surface area contributed by atoms with Crippen molar-refractivity contribution in [3.8, 4) is 11.4 Å². The zero-order valence-electron chi connectivity index (χ0n) is 12.0. The first-order chi connectivity index (χ1) is 10.3. The highest BCUT2D eigenvalue weighted by molar-refractivity contribution is 6.04. The fourth-order valence-corrected chi connectivity index (χ4v) is 3.78. The number of aryl methyl sites for hydroxylation is 2. The second kappa shape index (κ2) is 3.52. The van der Waals surface area contributed by atoms with E-state index in [1.165, 1.54) is 33.5 Å². The van der Waals surface area contributed by atoms with Crippen molar-refractivity contribution in [3.05, 3.63) is 48.3 Å². The lowest BCUT2D eigenvalue weighted by Crippen LogP contribution is -2.33. The lowest BCUT2D eigenvalue weighted by atomic mass is 10.2. The Labute approximate surface area is 121 Å². The van der Waals surface area contributed by atoms with Crippen molar-refractivity contribution >= 4 is 22.1 Å². The third kappa shape index (κ3) is 1.17. The standard InChI is InChI=1S/C17H15N4/c1-19-14-8-4-3-6-12(14)15-17(19)21-10-13-11(7-5-9-18-13)16(21)20(15)2/h3-9H,10H2,1-2H3/q+1. The van der Waals surface area contributed by atoms with E-state index in [9.17, 15) is 0 Å². The Hall–Kier alpha value is -2.62. The predicted octanol–water partition coefficient (Wildman–Crippen LogP) is 2.38. The van der Waals surface area contributed by atoms with Crippen molar-refractivity contribution in [1.82, 2.24) is 14.1 Å². The maximum absolute atomic E-state index is 4.53. The van der Waals surface area contributed by atoms with E-state index in [-0.39, 0.29) is 0 Å². The van der Waals surface area contributed by atoms with E-state index in [4.69, 9.17) is 0 Å². The van der Waals surface area contributed by atoms with Crippen LogP contribution in [0.3, 0.4) is 0 Å². The van der Waals surface area contributed by atoms with Gasteiger partial charge in [-0.1, -0.05) is 12.1 Å². The van der Waals surface area contributed by atoms with Crippen molar-refractivity contribution in [2.45, 2.75) is 6.54 Å². The van der Waals surface area contributed by atoms with E-state index in [2.05, 4.69) is 63.1 Å². The fraction of sp³-hybridized carbons (Fsp3) is 0.176. The molecule has 0 radical (unpaired) electrons. The minimum Gasteiger partial charge on any atom is -0.259 e. The van der Waals surface area contributed by atoms with Gasteiger partial charge in [-0.2, -0.15) is 0 Å². The van der Waals surface area contributed by atoms with Crippen LogP contribution in [0.5, 0.6) is 0 Å². The lowest BCUT2D eigenvalue weighted by Gasteiger charge is -1.97. The van der Waals surface area contributed by atoms with E-state index < -0.39 is 0 Å². The topological polar surface area (TPSA) is 26.6 Å². The summed E-state index contributed by atoms with van der Waals surface area (Å²) in [5, 5.41) is 1.31. The molecule has 0 saturated heterocycles. The summed E-state index contributed by atoms with van der Waals surface area (Å²) in [5.41, 5.74) is 6.26. The molecule has 4 aromatic rings. The van der Waals surface area contributed by atoms with Crippen LogP contribution >= 0.6 is 0 Å². The molecule has 0 bridgehead atoms. The highest BCUT2D eigenvalue weighted by atomic mass is 15.2. The van der Waals surface area contributed by atoms with Gasteiger partial charge in [0.15, 0.2) is 5.52 Å². The summed E-state index contributed by atoms with van der Waals surface area (Å²) < 4.78 is 6.98.